The van der Waals surface area contributed by atoms with Crippen molar-refractivity contribution in [3.63, 3.8) is 0 Å². The molecule has 3 aromatic rings. The Morgan fingerprint density at radius 3 is 2.25 bits per heavy atom. The molecule has 0 aliphatic carbocycles. The molecule has 1 saturated heterocycles. The maximum absolute atomic E-state index is 14.1. The number of rotatable bonds is 5. The molecule has 0 saturated carbocycles. The Labute approximate surface area is 206 Å². The van der Waals surface area contributed by atoms with Gasteiger partial charge >= 0.3 is 5.69 Å². The zero-order chi connectivity index (χ0) is 26.0. The van der Waals surface area contributed by atoms with Gasteiger partial charge in [-0.1, -0.05) is 0 Å². The van der Waals surface area contributed by atoms with Crippen molar-refractivity contribution in [3.8, 4) is 12.1 Å². The molecule has 4 rings (SSSR count). The molecule has 0 radical (unpaired) electrons. The van der Waals surface area contributed by atoms with Gasteiger partial charge in [0.1, 0.15) is 17.5 Å². The number of halogens is 2. The lowest BCUT2D eigenvalue weighted by Gasteiger charge is -2.35. The van der Waals surface area contributed by atoms with Gasteiger partial charge in [-0.25, -0.2) is 13.6 Å². The lowest BCUT2D eigenvalue weighted by atomic mass is 9.99. The molecule has 0 amide bonds. The normalized spacial score (nSPS) is 15.4. The molecule has 0 bridgehead atoms. The van der Waals surface area contributed by atoms with E-state index in [0.29, 0.717) is 18.7 Å². The van der Waals surface area contributed by atoms with Crippen LogP contribution in [0.4, 0.5) is 14.6 Å². The van der Waals surface area contributed by atoms with Gasteiger partial charge in [-0.3, -0.25) is 13.9 Å². The molecule has 10 heteroatoms. The van der Waals surface area contributed by atoms with E-state index >= 15 is 0 Å². The van der Waals surface area contributed by atoms with E-state index in [-0.39, 0.29) is 47.1 Å². The van der Waals surface area contributed by atoms with E-state index in [9.17, 15) is 28.9 Å². The summed E-state index contributed by atoms with van der Waals surface area (Å²) in [5.74, 6) is -0.851. The molecular weight excluding hydrogens is 466 g/mol. The minimum absolute atomic E-state index is 0.108. The van der Waals surface area contributed by atoms with E-state index < -0.39 is 22.9 Å². The van der Waals surface area contributed by atoms with E-state index in [1.807, 2.05) is 17.0 Å². The Morgan fingerprint density at radius 2 is 1.64 bits per heavy atom. The van der Waals surface area contributed by atoms with Crippen molar-refractivity contribution in [3.05, 3.63) is 96.7 Å². The number of aromatic nitrogens is 2. The minimum Gasteiger partial charge on any atom is -0.356 e. The van der Waals surface area contributed by atoms with Gasteiger partial charge in [0, 0.05) is 32.6 Å². The van der Waals surface area contributed by atoms with Crippen LogP contribution in [0.3, 0.4) is 0 Å². The zero-order valence-electron chi connectivity index (χ0n) is 19.7. The molecule has 36 heavy (non-hydrogen) atoms. The molecule has 1 atom stereocenters. The van der Waals surface area contributed by atoms with Gasteiger partial charge < -0.3 is 10.6 Å². The van der Waals surface area contributed by atoms with Gasteiger partial charge in [0.2, 0.25) is 0 Å². The van der Waals surface area contributed by atoms with Crippen molar-refractivity contribution in [2.75, 3.05) is 18.0 Å². The third-order valence-corrected chi connectivity index (χ3v) is 6.43. The highest BCUT2D eigenvalue weighted by Gasteiger charge is 2.27. The average Bonchev–Trinajstić information content (AvgIpc) is 2.86. The first kappa shape index (κ1) is 24.8. The standard InChI is InChI=1S/C26H24F2N6O2/c1-32-25(35)23(11-18-9-20(27)6-4-16(18)12-29)24(33-8-2-3-22(31)15-33)34(26(32)36)14-19-10-21(28)7-5-17(19)13-30/h4-7,9-10,22H,2-3,8,11,14-15,31H2,1H3/t22-/m1/s1. The number of benzene rings is 2. The van der Waals surface area contributed by atoms with Gasteiger partial charge in [0.25, 0.3) is 5.56 Å². The fourth-order valence-electron chi connectivity index (χ4n) is 4.66. The van der Waals surface area contributed by atoms with Crippen LogP contribution in [0.2, 0.25) is 0 Å². The summed E-state index contributed by atoms with van der Waals surface area (Å²) in [6, 6.07) is 11.2. The van der Waals surface area contributed by atoms with Crippen LogP contribution in [0.15, 0.2) is 46.0 Å². The van der Waals surface area contributed by atoms with E-state index in [4.69, 9.17) is 5.73 Å². The second kappa shape index (κ2) is 10.1. The molecule has 8 nitrogen and oxygen atoms in total. The van der Waals surface area contributed by atoms with Crippen LogP contribution in [0, 0.1) is 34.3 Å². The Morgan fingerprint density at radius 1 is 1.03 bits per heavy atom. The van der Waals surface area contributed by atoms with Crippen LogP contribution < -0.4 is 21.9 Å². The molecular formula is C26H24F2N6O2. The number of nitrogens with zero attached hydrogens (tertiary/aromatic N) is 5. The molecule has 2 heterocycles. The topological polar surface area (TPSA) is 121 Å². The summed E-state index contributed by atoms with van der Waals surface area (Å²) in [7, 11) is 1.32. The van der Waals surface area contributed by atoms with Crippen LogP contribution in [-0.2, 0) is 20.0 Å². The van der Waals surface area contributed by atoms with Crippen LogP contribution >= 0.6 is 0 Å². The smallest absolute Gasteiger partial charge is 0.332 e. The SMILES string of the molecule is Cn1c(=O)c(Cc2cc(F)ccc2C#N)c(N2CCC[C@@H](N)C2)n(Cc2cc(F)ccc2C#N)c1=O. The van der Waals surface area contributed by atoms with Crippen molar-refractivity contribution in [2.24, 2.45) is 12.8 Å². The molecule has 1 aromatic heterocycles. The fraction of sp³-hybridized carbons (Fsp3) is 0.308. The van der Waals surface area contributed by atoms with Crippen LogP contribution in [-0.4, -0.2) is 28.3 Å². The Hall–Kier alpha value is -4.28. The van der Waals surface area contributed by atoms with Crippen molar-refractivity contribution in [2.45, 2.75) is 31.8 Å². The van der Waals surface area contributed by atoms with E-state index in [1.54, 1.807) is 0 Å². The Bertz CT molecular complexity index is 1430. The highest BCUT2D eigenvalue weighted by Crippen LogP contribution is 2.26. The molecule has 0 spiro atoms. The van der Waals surface area contributed by atoms with Gasteiger partial charge in [0.15, 0.2) is 0 Å². The molecule has 2 N–H and O–H groups in total. The molecule has 1 aliphatic heterocycles. The van der Waals surface area contributed by atoms with Crippen LogP contribution in [0.1, 0.15) is 40.7 Å². The Kier molecular flexibility index (Phi) is 7.00. The molecule has 184 valence electrons. The average molecular weight is 491 g/mol. The first-order chi connectivity index (χ1) is 17.2. The predicted octanol–water partition coefficient (Wildman–Crippen LogP) is 2.14. The number of nitriles is 2. The summed E-state index contributed by atoms with van der Waals surface area (Å²) in [5, 5.41) is 19.1. The predicted molar refractivity (Wildman–Crippen MR) is 130 cm³/mol. The highest BCUT2D eigenvalue weighted by molar-refractivity contribution is 5.52. The monoisotopic (exact) mass is 490 g/mol. The van der Waals surface area contributed by atoms with Crippen LogP contribution in [0.25, 0.3) is 0 Å². The molecule has 2 aromatic carbocycles. The summed E-state index contributed by atoms with van der Waals surface area (Å²) in [6.45, 7) is 0.702. The fourth-order valence-corrected chi connectivity index (χ4v) is 4.66. The molecule has 0 unspecified atom stereocenters. The maximum Gasteiger partial charge on any atom is 0.332 e. The van der Waals surface area contributed by atoms with Crippen molar-refractivity contribution >= 4 is 5.82 Å². The van der Waals surface area contributed by atoms with Gasteiger partial charge in [-0.05, 0) is 60.4 Å². The van der Waals surface area contributed by atoms with Crippen molar-refractivity contribution in [1.82, 2.24) is 9.13 Å². The first-order valence-electron chi connectivity index (χ1n) is 11.4. The lowest BCUT2D eigenvalue weighted by Crippen LogP contribution is -2.49. The minimum atomic E-state index is -0.647. The summed E-state index contributed by atoms with van der Waals surface area (Å²) in [4.78, 5) is 28.6. The summed E-state index contributed by atoms with van der Waals surface area (Å²) >= 11 is 0. The van der Waals surface area contributed by atoms with Gasteiger partial charge in [0.05, 0.1) is 35.4 Å². The van der Waals surface area contributed by atoms with Crippen molar-refractivity contribution < 1.29 is 8.78 Å². The summed E-state index contributed by atoms with van der Waals surface area (Å²) in [6.07, 6.45) is 1.38. The van der Waals surface area contributed by atoms with E-state index in [0.717, 1.165) is 23.5 Å². The number of hydrogen-bond acceptors (Lipinski definition) is 6. The Balaban J connectivity index is 1.99. The highest BCUT2D eigenvalue weighted by atomic mass is 19.1. The maximum atomic E-state index is 14.1. The number of piperidine rings is 1. The van der Waals surface area contributed by atoms with E-state index in [1.165, 1.54) is 41.9 Å². The van der Waals surface area contributed by atoms with E-state index in [2.05, 4.69) is 0 Å². The number of hydrogen-bond donors (Lipinski definition) is 1. The van der Waals surface area contributed by atoms with Gasteiger partial charge in [-0.15, -0.1) is 0 Å². The molecule has 1 aliphatic rings. The number of nitrogens with two attached hydrogens (primary N) is 1. The second-order valence-electron chi connectivity index (χ2n) is 8.89. The van der Waals surface area contributed by atoms with Crippen LogP contribution in [0.5, 0.6) is 0 Å². The first-order valence-corrected chi connectivity index (χ1v) is 11.4. The number of anilines is 1. The quantitative estimate of drug-likeness (QED) is 0.585. The summed E-state index contributed by atoms with van der Waals surface area (Å²) in [5.41, 5.74) is 6.12. The third kappa shape index (κ3) is 4.77. The third-order valence-electron chi connectivity index (χ3n) is 6.43. The second-order valence-corrected chi connectivity index (χ2v) is 8.89. The summed E-state index contributed by atoms with van der Waals surface area (Å²) < 4.78 is 30.4. The molecule has 1 fully saturated rings. The largest absolute Gasteiger partial charge is 0.356 e. The van der Waals surface area contributed by atoms with Gasteiger partial charge in [-0.2, -0.15) is 10.5 Å². The zero-order valence-corrected chi connectivity index (χ0v) is 19.7. The lowest BCUT2D eigenvalue weighted by molar-refractivity contribution is 0.489. The van der Waals surface area contributed by atoms with Crippen molar-refractivity contribution in [1.29, 1.82) is 10.5 Å².